The van der Waals surface area contributed by atoms with Gasteiger partial charge in [-0.05, 0) is 43.4 Å². The van der Waals surface area contributed by atoms with Crippen molar-refractivity contribution in [3.8, 4) is 5.75 Å². The molecule has 3 unspecified atom stereocenters. The van der Waals surface area contributed by atoms with E-state index in [9.17, 15) is 4.39 Å². The van der Waals surface area contributed by atoms with Crippen molar-refractivity contribution >= 4 is 0 Å². The van der Waals surface area contributed by atoms with Crippen molar-refractivity contribution in [2.45, 2.75) is 38.6 Å². The minimum absolute atomic E-state index is 0.101. The molecule has 1 N–H and O–H groups in total. The van der Waals surface area contributed by atoms with Crippen LogP contribution in [0, 0.1) is 11.2 Å². The van der Waals surface area contributed by atoms with Crippen LogP contribution >= 0.6 is 0 Å². The van der Waals surface area contributed by atoms with Gasteiger partial charge in [0.1, 0.15) is 11.6 Å². The van der Waals surface area contributed by atoms with Crippen LogP contribution in [0.25, 0.3) is 0 Å². The predicted octanol–water partition coefficient (Wildman–Crippen LogP) is 3.33. The molecule has 3 heteroatoms. The molecule has 1 aliphatic rings. The lowest BCUT2D eigenvalue weighted by molar-refractivity contribution is 0.0459. The smallest absolute Gasteiger partial charge is 0.130 e. The van der Waals surface area contributed by atoms with Gasteiger partial charge in [-0.3, -0.25) is 0 Å². The topological polar surface area (TPSA) is 21.3 Å². The molecule has 1 aromatic rings. The fourth-order valence-electron chi connectivity index (χ4n) is 3.28. The Labute approximate surface area is 109 Å². The van der Waals surface area contributed by atoms with Crippen LogP contribution in [-0.2, 0) is 0 Å². The molecule has 0 bridgehead atoms. The molecule has 1 aliphatic carbocycles. The van der Waals surface area contributed by atoms with Gasteiger partial charge in [-0.15, -0.1) is 0 Å². The van der Waals surface area contributed by atoms with Crippen LogP contribution < -0.4 is 10.1 Å². The Morgan fingerprint density at radius 2 is 2.22 bits per heavy atom. The lowest BCUT2D eigenvalue weighted by atomic mass is 9.54. The first-order valence-corrected chi connectivity index (χ1v) is 6.58. The Morgan fingerprint density at radius 3 is 2.78 bits per heavy atom. The number of rotatable bonds is 4. The van der Waals surface area contributed by atoms with E-state index in [1.54, 1.807) is 13.2 Å². The Bertz CT molecular complexity index is 435. The summed E-state index contributed by atoms with van der Waals surface area (Å²) in [5.41, 5.74) is 0.848. The van der Waals surface area contributed by atoms with E-state index in [1.165, 1.54) is 6.07 Å². The van der Waals surface area contributed by atoms with Crippen LogP contribution in [0.4, 0.5) is 4.39 Å². The predicted molar refractivity (Wildman–Crippen MR) is 71.6 cm³/mol. The fourth-order valence-corrected chi connectivity index (χ4v) is 3.28. The van der Waals surface area contributed by atoms with Crippen molar-refractivity contribution in [2.75, 3.05) is 14.2 Å². The Hall–Kier alpha value is -1.09. The van der Waals surface area contributed by atoms with Crippen LogP contribution in [0.5, 0.6) is 5.75 Å². The molecule has 0 amide bonds. The quantitative estimate of drug-likeness (QED) is 0.886. The van der Waals surface area contributed by atoms with E-state index in [0.717, 1.165) is 18.4 Å². The molecule has 1 fully saturated rings. The van der Waals surface area contributed by atoms with Crippen molar-refractivity contribution in [2.24, 2.45) is 5.41 Å². The van der Waals surface area contributed by atoms with Gasteiger partial charge in [0, 0.05) is 11.6 Å². The van der Waals surface area contributed by atoms with Crippen LogP contribution in [0.2, 0.25) is 0 Å². The number of methoxy groups -OCH3 is 1. The van der Waals surface area contributed by atoms with Crippen molar-refractivity contribution in [1.29, 1.82) is 0 Å². The lowest BCUT2D eigenvalue weighted by Gasteiger charge is -2.54. The zero-order chi connectivity index (χ0) is 13.3. The van der Waals surface area contributed by atoms with Gasteiger partial charge in [-0.25, -0.2) is 4.39 Å². The van der Waals surface area contributed by atoms with Gasteiger partial charge < -0.3 is 10.1 Å². The Kier molecular flexibility index (Phi) is 3.62. The number of benzene rings is 1. The molecule has 0 aliphatic heterocycles. The first kappa shape index (κ1) is 13.3. The van der Waals surface area contributed by atoms with E-state index < -0.39 is 0 Å². The number of ether oxygens (including phenoxy) is 1. The molecule has 0 aromatic heterocycles. The normalized spacial score (nSPS) is 30.9. The summed E-state index contributed by atoms with van der Waals surface area (Å²) in [7, 11) is 3.59. The highest BCUT2D eigenvalue weighted by atomic mass is 19.1. The molecule has 0 heterocycles. The summed E-state index contributed by atoms with van der Waals surface area (Å²) in [5, 5.41) is 3.34. The monoisotopic (exact) mass is 251 g/mol. The van der Waals surface area contributed by atoms with Crippen molar-refractivity contribution in [3.63, 3.8) is 0 Å². The van der Waals surface area contributed by atoms with Gasteiger partial charge in [-0.1, -0.05) is 19.9 Å². The minimum atomic E-state index is -0.145. The Balaban J connectivity index is 2.39. The molecule has 2 rings (SSSR count). The molecule has 0 radical (unpaired) electrons. The molecule has 1 saturated carbocycles. The van der Waals surface area contributed by atoms with E-state index in [2.05, 4.69) is 19.2 Å². The van der Waals surface area contributed by atoms with E-state index in [1.807, 2.05) is 13.1 Å². The second-order valence-corrected chi connectivity index (χ2v) is 5.34. The average molecular weight is 251 g/mol. The molecule has 0 saturated heterocycles. The van der Waals surface area contributed by atoms with Gasteiger partial charge in [-0.2, -0.15) is 0 Å². The molecule has 100 valence electrons. The maximum atomic E-state index is 14.1. The minimum Gasteiger partial charge on any atom is -0.496 e. The summed E-state index contributed by atoms with van der Waals surface area (Å²) < 4.78 is 19.4. The number of hydrogen-bond donors (Lipinski definition) is 1. The lowest BCUT2D eigenvalue weighted by Crippen LogP contribution is -2.55. The molecular formula is C15H22FNO. The largest absolute Gasteiger partial charge is 0.496 e. The molecule has 1 aromatic carbocycles. The van der Waals surface area contributed by atoms with Gasteiger partial charge >= 0.3 is 0 Å². The third-order valence-electron chi connectivity index (χ3n) is 4.76. The summed E-state index contributed by atoms with van der Waals surface area (Å²) in [6.45, 7) is 4.40. The van der Waals surface area contributed by atoms with Crippen LogP contribution in [0.3, 0.4) is 0 Å². The van der Waals surface area contributed by atoms with E-state index in [4.69, 9.17) is 4.74 Å². The second-order valence-electron chi connectivity index (χ2n) is 5.34. The van der Waals surface area contributed by atoms with Crippen molar-refractivity contribution in [1.82, 2.24) is 5.32 Å². The third kappa shape index (κ3) is 1.81. The molecular weight excluding hydrogens is 229 g/mol. The van der Waals surface area contributed by atoms with Gasteiger partial charge in [0.25, 0.3) is 0 Å². The van der Waals surface area contributed by atoms with E-state index in [0.29, 0.717) is 11.8 Å². The van der Waals surface area contributed by atoms with Crippen molar-refractivity contribution < 1.29 is 9.13 Å². The van der Waals surface area contributed by atoms with Crippen LogP contribution in [0.15, 0.2) is 18.2 Å². The summed E-state index contributed by atoms with van der Waals surface area (Å²) in [6.07, 6.45) is 2.00. The first-order chi connectivity index (χ1) is 8.58. The summed E-state index contributed by atoms with van der Waals surface area (Å²) in [6, 6.07) is 5.54. The van der Waals surface area contributed by atoms with Crippen LogP contribution in [-0.4, -0.2) is 20.2 Å². The van der Waals surface area contributed by atoms with Crippen molar-refractivity contribution in [3.05, 3.63) is 29.6 Å². The van der Waals surface area contributed by atoms with Gasteiger partial charge in [0.15, 0.2) is 0 Å². The maximum Gasteiger partial charge on any atom is 0.130 e. The highest BCUT2D eigenvalue weighted by Crippen LogP contribution is 2.56. The summed E-state index contributed by atoms with van der Waals surface area (Å²) in [4.78, 5) is 0. The highest BCUT2D eigenvalue weighted by molar-refractivity contribution is 5.41. The molecule has 18 heavy (non-hydrogen) atoms. The Morgan fingerprint density at radius 1 is 1.50 bits per heavy atom. The molecule has 0 spiro atoms. The molecule has 3 atom stereocenters. The maximum absolute atomic E-state index is 14.1. The summed E-state index contributed by atoms with van der Waals surface area (Å²) in [5.74, 6) is 0.763. The SMILES string of the molecule is CCC1(C)C(NC)CC1c1c(F)cccc1OC. The zero-order valence-electron chi connectivity index (χ0n) is 11.6. The first-order valence-electron chi connectivity index (χ1n) is 6.58. The highest BCUT2D eigenvalue weighted by Gasteiger charge is 2.51. The third-order valence-corrected chi connectivity index (χ3v) is 4.76. The summed E-state index contributed by atoms with van der Waals surface area (Å²) >= 11 is 0. The molecule has 2 nitrogen and oxygen atoms in total. The van der Waals surface area contributed by atoms with E-state index in [-0.39, 0.29) is 17.2 Å². The van der Waals surface area contributed by atoms with Gasteiger partial charge in [0.05, 0.1) is 7.11 Å². The number of nitrogens with one attached hydrogen (secondary N) is 1. The van der Waals surface area contributed by atoms with Gasteiger partial charge in [0.2, 0.25) is 0 Å². The number of hydrogen-bond acceptors (Lipinski definition) is 2. The van der Waals surface area contributed by atoms with E-state index >= 15 is 0 Å². The standard InChI is InChI=1S/C15H22FNO/c1-5-15(2)10(9-13(15)17-3)14-11(16)7-6-8-12(14)18-4/h6-8,10,13,17H,5,9H2,1-4H3. The zero-order valence-corrected chi connectivity index (χ0v) is 11.6. The average Bonchev–Trinajstić information content (AvgIpc) is 2.38. The van der Waals surface area contributed by atoms with Crippen LogP contribution in [0.1, 0.15) is 38.2 Å². The number of halogens is 1. The second kappa shape index (κ2) is 4.88. The fraction of sp³-hybridized carbons (Fsp3) is 0.600.